The molecule has 0 amide bonds. The summed E-state index contributed by atoms with van der Waals surface area (Å²) in [5, 5.41) is 7.34. The van der Waals surface area contributed by atoms with E-state index < -0.39 is 0 Å². The van der Waals surface area contributed by atoms with Crippen LogP contribution in [0.15, 0.2) is 29.5 Å². The third-order valence-corrected chi connectivity index (χ3v) is 2.71. The fourth-order valence-corrected chi connectivity index (χ4v) is 1.65. The van der Waals surface area contributed by atoms with E-state index in [0.29, 0.717) is 18.5 Å². The number of nitrogens with zero attached hydrogens (tertiary/aromatic N) is 4. The van der Waals surface area contributed by atoms with E-state index >= 15 is 0 Å². The lowest BCUT2D eigenvalue weighted by atomic mass is 10.4. The Bertz CT molecular complexity index is 554. The van der Waals surface area contributed by atoms with Crippen LogP contribution in [-0.4, -0.2) is 26.6 Å². The molecule has 0 aliphatic heterocycles. The zero-order valence-corrected chi connectivity index (χ0v) is 9.37. The van der Waals surface area contributed by atoms with Gasteiger partial charge in [0.15, 0.2) is 11.6 Å². The van der Waals surface area contributed by atoms with Crippen LogP contribution in [0.4, 0.5) is 0 Å². The molecular weight excluding hydrogens is 216 g/mol. The molecule has 1 saturated carbocycles. The van der Waals surface area contributed by atoms with Crippen molar-refractivity contribution in [1.29, 1.82) is 0 Å². The summed E-state index contributed by atoms with van der Waals surface area (Å²) in [6.45, 7) is 0.506. The van der Waals surface area contributed by atoms with Crippen molar-refractivity contribution >= 4 is 11.6 Å². The Labute approximate surface area is 98.6 Å². The molecule has 2 aromatic rings. The highest BCUT2D eigenvalue weighted by Crippen LogP contribution is 2.18. The summed E-state index contributed by atoms with van der Waals surface area (Å²) in [5.74, 6) is 0.504. The second kappa shape index (κ2) is 4.04. The Kier molecular flexibility index (Phi) is 2.40. The first-order valence-corrected chi connectivity index (χ1v) is 5.67. The van der Waals surface area contributed by atoms with Crippen LogP contribution in [0, 0.1) is 0 Å². The molecule has 0 spiro atoms. The van der Waals surface area contributed by atoms with Gasteiger partial charge in [0.2, 0.25) is 0 Å². The zero-order chi connectivity index (χ0) is 11.7. The molecule has 6 nitrogen and oxygen atoms in total. The van der Waals surface area contributed by atoms with E-state index in [4.69, 9.17) is 5.73 Å². The van der Waals surface area contributed by atoms with Gasteiger partial charge in [0.05, 0.1) is 18.4 Å². The van der Waals surface area contributed by atoms with Crippen molar-refractivity contribution in [3.63, 3.8) is 0 Å². The average Bonchev–Trinajstić information content (AvgIpc) is 3.00. The van der Waals surface area contributed by atoms with E-state index in [2.05, 4.69) is 20.4 Å². The third-order valence-electron chi connectivity index (χ3n) is 2.71. The molecule has 1 aliphatic carbocycles. The minimum Gasteiger partial charge on any atom is -0.370 e. The zero-order valence-electron chi connectivity index (χ0n) is 9.37. The lowest BCUT2D eigenvalue weighted by molar-refractivity contribution is 0.820. The number of aliphatic imine (C=N–C) groups is 1. The summed E-state index contributed by atoms with van der Waals surface area (Å²) >= 11 is 0. The Morgan fingerprint density at radius 2 is 2.35 bits per heavy atom. The highest BCUT2D eigenvalue weighted by Gasteiger charge is 2.21. The molecule has 1 aliphatic rings. The van der Waals surface area contributed by atoms with Gasteiger partial charge in [-0.15, -0.1) is 0 Å². The molecule has 0 aromatic carbocycles. The molecule has 0 atom stereocenters. The number of fused-ring (bicyclic) bond motifs is 1. The van der Waals surface area contributed by atoms with Crippen LogP contribution in [0.5, 0.6) is 0 Å². The molecule has 17 heavy (non-hydrogen) atoms. The summed E-state index contributed by atoms with van der Waals surface area (Å²) in [6.07, 6.45) is 5.86. The van der Waals surface area contributed by atoms with Crippen molar-refractivity contribution in [2.24, 2.45) is 10.7 Å². The van der Waals surface area contributed by atoms with Gasteiger partial charge in [-0.2, -0.15) is 5.10 Å². The van der Waals surface area contributed by atoms with E-state index in [9.17, 15) is 0 Å². The fraction of sp³-hybridized carbons (Fsp3) is 0.364. The first-order chi connectivity index (χ1) is 8.33. The molecule has 0 radical (unpaired) electrons. The first-order valence-electron chi connectivity index (χ1n) is 5.67. The molecule has 6 heteroatoms. The van der Waals surface area contributed by atoms with Gasteiger partial charge >= 0.3 is 0 Å². The molecular formula is C11H14N6. The number of guanidine groups is 1. The van der Waals surface area contributed by atoms with Crippen molar-refractivity contribution in [3.05, 3.63) is 30.2 Å². The summed E-state index contributed by atoms with van der Waals surface area (Å²) in [4.78, 5) is 8.49. The topological polar surface area (TPSA) is 80.6 Å². The van der Waals surface area contributed by atoms with E-state index in [-0.39, 0.29) is 0 Å². The summed E-state index contributed by atoms with van der Waals surface area (Å²) in [7, 11) is 0. The molecule has 3 rings (SSSR count). The van der Waals surface area contributed by atoms with Gasteiger partial charge in [-0.05, 0) is 18.9 Å². The molecule has 2 heterocycles. The SMILES string of the molecule is NC(=NCc1ccnc2ccnn12)NC1CC1. The van der Waals surface area contributed by atoms with Crippen LogP contribution >= 0.6 is 0 Å². The Hall–Kier alpha value is -2.11. The summed E-state index contributed by atoms with van der Waals surface area (Å²) in [5.41, 5.74) is 7.57. The van der Waals surface area contributed by atoms with Crippen molar-refractivity contribution in [2.45, 2.75) is 25.4 Å². The van der Waals surface area contributed by atoms with Crippen molar-refractivity contribution in [3.8, 4) is 0 Å². The van der Waals surface area contributed by atoms with Crippen molar-refractivity contribution in [1.82, 2.24) is 19.9 Å². The van der Waals surface area contributed by atoms with Gasteiger partial charge < -0.3 is 11.1 Å². The Morgan fingerprint density at radius 1 is 1.47 bits per heavy atom. The molecule has 3 N–H and O–H groups in total. The van der Waals surface area contributed by atoms with Crippen molar-refractivity contribution < 1.29 is 0 Å². The molecule has 0 saturated heterocycles. The maximum atomic E-state index is 5.78. The van der Waals surface area contributed by atoms with E-state index in [1.165, 1.54) is 12.8 Å². The van der Waals surface area contributed by atoms with Gasteiger partial charge in [-0.3, -0.25) is 0 Å². The number of hydrogen-bond acceptors (Lipinski definition) is 3. The first kappa shape index (κ1) is 10.1. The van der Waals surface area contributed by atoms with Gasteiger partial charge in [-0.25, -0.2) is 14.5 Å². The third kappa shape index (κ3) is 2.20. The highest BCUT2D eigenvalue weighted by atomic mass is 15.3. The van der Waals surface area contributed by atoms with Crippen molar-refractivity contribution in [2.75, 3.05) is 0 Å². The standard InChI is InChI=1S/C11H14N6/c12-11(16-8-1-2-8)14-7-9-3-5-13-10-4-6-15-17(9)10/h3-6,8H,1-2,7H2,(H3,12,14,16). The van der Waals surface area contributed by atoms with E-state index in [0.717, 1.165) is 11.3 Å². The van der Waals surface area contributed by atoms with Gasteiger partial charge in [0.1, 0.15) is 0 Å². The lowest BCUT2D eigenvalue weighted by Crippen LogP contribution is -2.33. The van der Waals surface area contributed by atoms with Crippen LogP contribution < -0.4 is 11.1 Å². The summed E-state index contributed by atoms with van der Waals surface area (Å²) in [6, 6.07) is 4.29. The number of rotatable bonds is 3. The molecule has 1 fully saturated rings. The largest absolute Gasteiger partial charge is 0.370 e. The summed E-state index contributed by atoms with van der Waals surface area (Å²) < 4.78 is 1.77. The number of nitrogens with one attached hydrogen (secondary N) is 1. The highest BCUT2D eigenvalue weighted by molar-refractivity contribution is 5.78. The lowest BCUT2D eigenvalue weighted by Gasteiger charge is -2.04. The minimum absolute atomic E-state index is 0.504. The monoisotopic (exact) mass is 230 g/mol. The Morgan fingerprint density at radius 3 is 3.18 bits per heavy atom. The molecule has 88 valence electrons. The number of hydrogen-bond donors (Lipinski definition) is 2. The van der Waals surface area contributed by atoms with Crippen LogP contribution in [0.25, 0.3) is 5.65 Å². The maximum absolute atomic E-state index is 5.78. The molecule has 0 bridgehead atoms. The predicted octanol–water partition coefficient (Wildman–Crippen LogP) is 0.296. The van der Waals surface area contributed by atoms with Crippen LogP contribution in [0.2, 0.25) is 0 Å². The van der Waals surface area contributed by atoms with E-state index in [1.807, 2.05) is 12.1 Å². The second-order valence-electron chi connectivity index (χ2n) is 4.16. The van der Waals surface area contributed by atoms with Crippen LogP contribution in [-0.2, 0) is 6.54 Å². The predicted molar refractivity (Wildman–Crippen MR) is 64.5 cm³/mol. The number of aromatic nitrogens is 3. The maximum Gasteiger partial charge on any atom is 0.189 e. The molecule has 2 aromatic heterocycles. The minimum atomic E-state index is 0.504. The molecule has 0 unspecified atom stereocenters. The smallest absolute Gasteiger partial charge is 0.189 e. The Balaban J connectivity index is 1.77. The van der Waals surface area contributed by atoms with Gasteiger partial charge in [-0.1, -0.05) is 0 Å². The van der Waals surface area contributed by atoms with E-state index in [1.54, 1.807) is 16.9 Å². The van der Waals surface area contributed by atoms with Gasteiger partial charge in [0, 0.05) is 18.3 Å². The second-order valence-corrected chi connectivity index (χ2v) is 4.16. The quantitative estimate of drug-likeness (QED) is 0.587. The normalized spacial score (nSPS) is 16.4. The average molecular weight is 230 g/mol. The number of nitrogens with two attached hydrogens (primary N) is 1. The van der Waals surface area contributed by atoms with Crippen LogP contribution in [0.1, 0.15) is 18.5 Å². The fourth-order valence-electron chi connectivity index (χ4n) is 1.65. The van der Waals surface area contributed by atoms with Gasteiger partial charge in [0.25, 0.3) is 0 Å². The van der Waals surface area contributed by atoms with Crippen LogP contribution in [0.3, 0.4) is 0 Å².